The number of aryl methyl sites for hydroxylation is 1. The van der Waals surface area contributed by atoms with Gasteiger partial charge in [0, 0.05) is 38.0 Å². The maximum absolute atomic E-state index is 14.6. The Labute approximate surface area is 149 Å². The highest BCUT2D eigenvalue weighted by Crippen LogP contribution is 2.37. The van der Waals surface area contributed by atoms with Gasteiger partial charge in [0.05, 0.1) is 17.3 Å². The molecule has 0 amide bonds. The minimum absolute atomic E-state index is 0.275. The van der Waals surface area contributed by atoms with Crippen molar-refractivity contribution in [1.82, 2.24) is 30.1 Å². The van der Waals surface area contributed by atoms with Crippen LogP contribution >= 0.6 is 0 Å². The van der Waals surface area contributed by atoms with Crippen LogP contribution in [0.5, 0.6) is 0 Å². The molecule has 2 fully saturated rings. The molecule has 5 rings (SSSR count). The fourth-order valence-corrected chi connectivity index (χ4v) is 4.21. The average molecular weight is 354 g/mol. The molecule has 26 heavy (non-hydrogen) atoms. The summed E-state index contributed by atoms with van der Waals surface area (Å²) in [6, 6.07) is 0. The van der Waals surface area contributed by atoms with Gasteiger partial charge in [0.15, 0.2) is 17.3 Å². The number of aromatic nitrogens is 6. The smallest absolute Gasteiger partial charge is 0.187 e. The topological polar surface area (TPSA) is 86.7 Å². The first-order chi connectivity index (χ1) is 12.7. The number of nitrogens with zero attached hydrogens (tertiary/aromatic N) is 7. The van der Waals surface area contributed by atoms with Crippen molar-refractivity contribution in [3.05, 3.63) is 30.4 Å². The first kappa shape index (κ1) is 15.4. The quantitative estimate of drug-likeness (QED) is 0.761. The van der Waals surface area contributed by atoms with Gasteiger partial charge in [-0.15, -0.1) is 0 Å². The number of nitrogens with one attached hydrogen (secondary N) is 1. The van der Waals surface area contributed by atoms with Crippen molar-refractivity contribution < 1.29 is 4.39 Å². The maximum atomic E-state index is 14.6. The number of hydrogen-bond donors (Lipinski definition) is 1. The summed E-state index contributed by atoms with van der Waals surface area (Å²) in [6.45, 7) is 5.30. The highest BCUT2D eigenvalue weighted by atomic mass is 19.1. The molecule has 3 aromatic heterocycles. The zero-order chi connectivity index (χ0) is 17.7. The molecule has 2 aliphatic heterocycles. The molecule has 2 unspecified atom stereocenters. The molecule has 2 saturated heterocycles. The standard InChI is InChI=1S/C17H19FN8/c1-2-13-14(18)17(22-8-19-13)26-6-10-4-25(5-11(10)7-26)16-12-3-23-24-15(12)20-9-21-16/h3,8-11H,2,4-7H2,1H3,(H,20,21,23,24). The SMILES string of the molecule is CCc1ncnc(N2CC3CN(c4ncnc5[nH]ncc45)CC3C2)c1F. The lowest BCUT2D eigenvalue weighted by Crippen LogP contribution is -2.30. The molecule has 2 aliphatic rings. The van der Waals surface area contributed by atoms with E-state index in [-0.39, 0.29) is 5.82 Å². The summed E-state index contributed by atoms with van der Waals surface area (Å²) in [6.07, 6.45) is 5.38. The Hall–Kier alpha value is -2.84. The Bertz CT molecular complexity index is 943. The largest absolute Gasteiger partial charge is 0.355 e. The van der Waals surface area contributed by atoms with Crippen LogP contribution in [0.2, 0.25) is 0 Å². The van der Waals surface area contributed by atoms with Crippen LogP contribution in [-0.4, -0.2) is 56.3 Å². The van der Waals surface area contributed by atoms with Crippen molar-refractivity contribution in [2.45, 2.75) is 13.3 Å². The van der Waals surface area contributed by atoms with E-state index in [9.17, 15) is 4.39 Å². The molecule has 3 aromatic rings. The summed E-state index contributed by atoms with van der Waals surface area (Å²) in [5.41, 5.74) is 1.24. The second-order valence-electron chi connectivity index (χ2n) is 6.97. The van der Waals surface area contributed by atoms with Gasteiger partial charge in [0.25, 0.3) is 0 Å². The Balaban J connectivity index is 1.36. The number of anilines is 2. The van der Waals surface area contributed by atoms with Crippen LogP contribution in [0.25, 0.3) is 11.0 Å². The van der Waals surface area contributed by atoms with Crippen LogP contribution in [0.1, 0.15) is 12.6 Å². The van der Waals surface area contributed by atoms with Gasteiger partial charge in [-0.3, -0.25) is 5.10 Å². The van der Waals surface area contributed by atoms with Crippen LogP contribution in [0.15, 0.2) is 18.9 Å². The second-order valence-corrected chi connectivity index (χ2v) is 6.97. The zero-order valence-corrected chi connectivity index (χ0v) is 14.4. The van der Waals surface area contributed by atoms with Gasteiger partial charge in [-0.25, -0.2) is 24.3 Å². The monoisotopic (exact) mass is 354 g/mol. The van der Waals surface area contributed by atoms with Crippen molar-refractivity contribution in [3.63, 3.8) is 0 Å². The van der Waals surface area contributed by atoms with Crippen molar-refractivity contribution in [2.24, 2.45) is 11.8 Å². The Morgan fingerprint density at radius 2 is 1.65 bits per heavy atom. The summed E-state index contributed by atoms with van der Waals surface area (Å²) in [4.78, 5) is 21.3. The number of halogens is 1. The molecule has 1 N–H and O–H groups in total. The zero-order valence-electron chi connectivity index (χ0n) is 14.4. The van der Waals surface area contributed by atoms with E-state index in [1.807, 2.05) is 6.92 Å². The fraction of sp³-hybridized carbons (Fsp3) is 0.471. The van der Waals surface area contributed by atoms with Gasteiger partial charge >= 0.3 is 0 Å². The van der Waals surface area contributed by atoms with Gasteiger partial charge in [-0.2, -0.15) is 5.10 Å². The summed E-state index contributed by atoms with van der Waals surface area (Å²) in [7, 11) is 0. The second kappa shape index (κ2) is 5.86. The van der Waals surface area contributed by atoms with E-state index >= 15 is 0 Å². The van der Waals surface area contributed by atoms with Crippen LogP contribution in [0, 0.1) is 17.7 Å². The molecule has 8 nitrogen and oxygen atoms in total. The third-order valence-electron chi connectivity index (χ3n) is 5.49. The van der Waals surface area contributed by atoms with Gasteiger partial charge in [-0.05, 0) is 6.42 Å². The van der Waals surface area contributed by atoms with Gasteiger partial charge in [-0.1, -0.05) is 6.92 Å². The minimum Gasteiger partial charge on any atom is -0.355 e. The molecule has 0 saturated carbocycles. The molecule has 0 radical (unpaired) electrons. The number of rotatable bonds is 3. The third kappa shape index (κ3) is 2.30. The third-order valence-corrected chi connectivity index (χ3v) is 5.49. The molecule has 0 spiro atoms. The first-order valence-corrected chi connectivity index (χ1v) is 8.88. The average Bonchev–Trinajstić information content (AvgIpc) is 3.35. The van der Waals surface area contributed by atoms with E-state index in [0.29, 0.717) is 29.8 Å². The summed E-state index contributed by atoms with van der Waals surface area (Å²) >= 11 is 0. The molecule has 0 aliphatic carbocycles. The fourth-order valence-electron chi connectivity index (χ4n) is 4.21. The first-order valence-electron chi connectivity index (χ1n) is 8.88. The number of hydrogen-bond acceptors (Lipinski definition) is 7. The van der Waals surface area contributed by atoms with Gasteiger partial charge in [0.1, 0.15) is 18.5 Å². The highest BCUT2D eigenvalue weighted by Gasteiger charge is 2.42. The number of H-pyrrole nitrogens is 1. The molecular formula is C17H19FN8. The van der Waals surface area contributed by atoms with Crippen molar-refractivity contribution >= 4 is 22.7 Å². The van der Waals surface area contributed by atoms with Crippen LogP contribution < -0.4 is 9.80 Å². The van der Waals surface area contributed by atoms with E-state index < -0.39 is 0 Å². The Kier molecular flexibility index (Phi) is 3.47. The normalized spacial score (nSPS) is 22.4. The van der Waals surface area contributed by atoms with Crippen LogP contribution in [0.4, 0.5) is 16.0 Å². The minimum atomic E-state index is -0.275. The molecular weight excluding hydrogens is 335 g/mol. The molecule has 5 heterocycles. The van der Waals surface area contributed by atoms with E-state index in [4.69, 9.17) is 0 Å². The van der Waals surface area contributed by atoms with Crippen molar-refractivity contribution in [1.29, 1.82) is 0 Å². The lowest BCUT2D eigenvalue weighted by molar-refractivity contribution is 0.533. The predicted molar refractivity (Wildman–Crippen MR) is 94.5 cm³/mol. The van der Waals surface area contributed by atoms with E-state index in [2.05, 4.69) is 39.9 Å². The molecule has 9 heteroatoms. The maximum Gasteiger partial charge on any atom is 0.187 e. The van der Waals surface area contributed by atoms with Gasteiger partial charge < -0.3 is 9.80 Å². The number of fused-ring (bicyclic) bond motifs is 2. The summed E-state index contributed by atoms with van der Waals surface area (Å²) < 4.78 is 14.6. The lowest BCUT2D eigenvalue weighted by Gasteiger charge is -2.23. The molecule has 2 atom stereocenters. The van der Waals surface area contributed by atoms with Gasteiger partial charge in [0.2, 0.25) is 0 Å². The van der Waals surface area contributed by atoms with Crippen LogP contribution in [-0.2, 0) is 6.42 Å². The van der Waals surface area contributed by atoms with Crippen molar-refractivity contribution in [2.75, 3.05) is 36.0 Å². The lowest BCUT2D eigenvalue weighted by atomic mass is 10.0. The van der Waals surface area contributed by atoms with Crippen LogP contribution in [0.3, 0.4) is 0 Å². The highest BCUT2D eigenvalue weighted by molar-refractivity contribution is 5.86. The predicted octanol–water partition coefficient (Wildman–Crippen LogP) is 1.42. The van der Waals surface area contributed by atoms with Crippen molar-refractivity contribution in [3.8, 4) is 0 Å². The molecule has 134 valence electrons. The van der Waals surface area contributed by atoms with E-state index in [1.54, 1.807) is 12.5 Å². The molecule has 0 aromatic carbocycles. The summed E-state index contributed by atoms with van der Waals surface area (Å²) in [5.74, 6) is 2.02. The summed E-state index contributed by atoms with van der Waals surface area (Å²) in [5, 5.41) is 7.90. The van der Waals surface area contributed by atoms with E-state index in [1.165, 1.54) is 6.33 Å². The number of aromatic amines is 1. The Morgan fingerprint density at radius 3 is 2.38 bits per heavy atom. The molecule has 0 bridgehead atoms. The Morgan fingerprint density at radius 1 is 1.00 bits per heavy atom. The van der Waals surface area contributed by atoms with E-state index in [0.717, 1.165) is 43.0 Å².